The molecular weight excluding hydrogens is 242 g/mol. The summed E-state index contributed by atoms with van der Waals surface area (Å²) in [5.41, 5.74) is 0. The lowest BCUT2D eigenvalue weighted by Gasteiger charge is -2.20. The van der Waals surface area contributed by atoms with Gasteiger partial charge in [-0.1, -0.05) is 46.5 Å². The van der Waals surface area contributed by atoms with E-state index in [1.807, 2.05) is 20.8 Å². The first-order chi connectivity index (χ1) is 8.90. The second kappa shape index (κ2) is 7.51. The van der Waals surface area contributed by atoms with Crippen molar-refractivity contribution in [2.75, 3.05) is 0 Å². The summed E-state index contributed by atoms with van der Waals surface area (Å²) in [4.78, 5) is 23.2. The van der Waals surface area contributed by atoms with Gasteiger partial charge in [-0.15, -0.1) is 0 Å². The maximum absolute atomic E-state index is 12.1. The van der Waals surface area contributed by atoms with E-state index in [1.165, 1.54) is 25.7 Å². The Morgan fingerprint density at radius 2 is 1.79 bits per heavy atom. The number of carbonyl (C=O) groups is 2. The van der Waals surface area contributed by atoms with Gasteiger partial charge in [-0.2, -0.15) is 0 Å². The first-order valence-corrected chi connectivity index (χ1v) is 7.43. The Morgan fingerprint density at radius 1 is 1.21 bits per heavy atom. The highest BCUT2D eigenvalue weighted by atomic mass is 16.4. The van der Waals surface area contributed by atoms with E-state index in [-0.39, 0.29) is 17.7 Å². The van der Waals surface area contributed by atoms with Gasteiger partial charge in [-0.3, -0.25) is 4.79 Å². The van der Waals surface area contributed by atoms with E-state index in [4.69, 9.17) is 5.11 Å². The number of hydrogen-bond acceptors (Lipinski definition) is 2. The van der Waals surface area contributed by atoms with Crippen molar-refractivity contribution in [1.82, 2.24) is 5.32 Å². The minimum Gasteiger partial charge on any atom is -0.480 e. The molecule has 1 saturated carbocycles. The van der Waals surface area contributed by atoms with E-state index in [0.29, 0.717) is 12.3 Å². The summed E-state index contributed by atoms with van der Waals surface area (Å²) in [6.07, 6.45) is 6.34. The molecule has 1 aliphatic carbocycles. The summed E-state index contributed by atoms with van der Waals surface area (Å²) >= 11 is 0. The number of rotatable bonds is 7. The van der Waals surface area contributed by atoms with Gasteiger partial charge in [0.15, 0.2) is 0 Å². The summed E-state index contributed by atoms with van der Waals surface area (Å²) in [5, 5.41) is 11.8. The maximum atomic E-state index is 12.1. The highest BCUT2D eigenvalue weighted by Gasteiger charge is 2.26. The highest BCUT2D eigenvalue weighted by Crippen LogP contribution is 2.30. The second-order valence-corrected chi connectivity index (χ2v) is 6.32. The SMILES string of the molecule is CC(C)CC(NC(=O)C(C)CC1CCCC1)C(=O)O. The Hall–Kier alpha value is -1.06. The number of carbonyl (C=O) groups excluding carboxylic acids is 1. The second-order valence-electron chi connectivity index (χ2n) is 6.32. The maximum Gasteiger partial charge on any atom is 0.326 e. The van der Waals surface area contributed by atoms with Gasteiger partial charge in [0.1, 0.15) is 6.04 Å². The third kappa shape index (κ3) is 5.62. The molecule has 0 aliphatic heterocycles. The molecule has 1 fully saturated rings. The van der Waals surface area contributed by atoms with E-state index in [1.54, 1.807) is 0 Å². The van der Waals surface area contributed by atoms with Crippen molar-refractivity contribution in [1.29, 1.82) is 0 Å². The summed E-state index contributed by atoms with van der Waals surface area (Å²) < 4.78 is 0. The van der Waals surface area contributed by atoms with Crippen LogP contribution in [0.15, 0.2) is 0 Å². The molecule has 0 bridgehead atoms. The van der Waals surface area contributed by atoms with Gasteiger partial charge < -0.3 is 10.4 Å². The summed E-state index contributed by atoms with van der Waals surface area (Å²) in [6, 6.07) is -0.751. The zero-order chi connectivity index (χ0) is 14.4. The lowest BCUT2D eigenvalue weighted by molar-refractivity contribution is -0.143. The van der Waals surface area contributed by atoms with Crippen LogP contribution in [-0.2, 0) is 9.59 Å². The van der Waals surface area contributed by atoms with Gasteiger partial charge in [-0.05, 0) is 24.7 Å². The Labute approximate surface area is 116 Å². The van der Waals surface area contributed by atoms with Crippen LogP contribution in [0.25, 0.3) is 0 Å². The molecule has 2 unspecified atom stereocenters. The van der Waals surface area contributed by atoms with Crippen LogP contribution in [-0.4, -0.2) is 23.0 Å². The molecule has 4 heteroatoms. The molecule has 0 radical (unpaired) electrons. The van der Waals surface area contributed by atoms with Gasteiger partial charge in [0.05, 0.1) is 0 Å². The number of carboxylic acid groups (broad SMARTS) is 1. The lowest BCUT2D eigenvalue weighted by atomic mass is 9.93. The first-order valence-electron chi connectivity index (χ1n) is 7.43. The topological polar surface area (TPSA) is 66.4 Å². The Balaban J connectivity index is 2.43. The van der Waals surface area contributed by atoms with Crippen LogP contribution in [0, 0.1) is 17.8 Å². The number of hydrogen-bond donors (Lipinski definition) is 2. The Kier molecular flexibility index (Phi) is 6.32. The van der Waals surface area contributed by atoms with Crippen LogP contribution in [0.5, 0.6) is 0 Å². The zero-order valence-corrected chi connectivity index (χ0v) is 12.3. The van der Waals surface area contributed by atoms with Crippen molar-refractivity contribution in [3.8, 4) is 0 Å². The molecule has 2 atom stereocenters. The van der Waals surface area contributed by atoms with Crippen molar-refractivity contribution in [2.24, 2.45) is 17.8 Å². The average molecular weight is 269 g/mol. The molecule has 0 aromatic carbocycles. The normalized spacial score (nSPS) is 19.4. The number of carboxylic acids is 1. The highest BCUT2D eigenvalue weighted by molar-refractivity contribution is 5.84. The third-order valence-electron chi connectivity index (χ3n) is 3.93. The lowest BCUT2D eigenvalue weighted by Crippen LogP contribution is -2.44. The summed E-state index contributed by atoms with van der Waals surface area (Å²) in [6.45, 7) is 5.83. The molecule has 2 N–H and O–H groups in total. The molecule has 1 rings (SSSR count). The van der Waals surface area contributed by atoms with Crippen molar-refractivity contribution in [3.05, 3.63) is 0 Å². The van der Waals surface area contributed by atoms with Gasteiger partial charge in [0.2, 0.25) is 5.91 Å². The van der Waals surface area contributed by atoms with Crippen molar-refractivity contribution in [3.63, 3.8) is 0 Å². The number of nitrogens with one attached hydrogen (secondary N) is 1. The molecular formula is C15H27NO3. The van der Waals surface area contributed by atoms with Crippen LogP contribution in [0.3, 0.4) is 0 Å². The molecule has 1 aliphatic rings. The van der Waals surface area contributed by atoms with Gasteiger partial charge in [0, 0.05) is 5.92 Å². The number of amides is 1. The third-order valence-corrected chi connectivity index (χ3v) is 3.93. The minimum absolute atomic E-state index is 0.0860. The van der Waals surface area contributed by atoms with Crippen LogP contribution >= 0.6 is 0 Å². The van der Waals surface area contributed by atoms with Crippen molar-refractivity contribution < 1.29 is 14.7 Å². The van der Waals surface area contributed by atoms with E-state index in [2.05, 4.69) is 5.32 Å². The molecule has 0 aromatic rings. The number of aliphatic carboxylic acids is 1. The summed E-state index contributed by atoms with van der Waals surface area (Å²) in [7, 11) is 0. The van der Waals surface area contributed by atoms with Crippen molar-refractivity contribution in [2.45, 2.75) is 65.3 Å². The molecule has 4 nitrogen and oxygen atoms in total. The monoisotopic (exact) mass is 269 g/mol. The van der Waals surface area contributed by atoms with Gasteiger partial charge in [-0.25, -0.2) is 4.79 Å². The fourth-order valence-corrected chi connectivity index (χ4v) is 2.86. The van der Waals surface area contributed by atoms with Crippen molar-refractivity contribution >= 4 is 11.9 Å². The fraction of sp³-hybridized carbons (Fsp3) is 0.867. The molecule has 0 heterocycles. The van der Waals surface area contributed by atoms with E-state index < -0.39 is 12.0 Å². The molecule has 0 saturated heterocycles. The van der Waals surface area contributed by atoms with E-state index >= 15 is 0 Å². The van der Waals surface area contributed by atoms with Gasteiger partial charge >= 0.3 is 5.97 Å². The molecule has 19 heavy (non-hydrogen) atoms. The Morgan fingerprint density at radius 3 is 2.26 bits per heavy atom. The van der Waals surface area contributed by atoms with Crippen LogP contribution in [0.2, 0.25) is 0 Å². The van der Waals surface area contributed by atoms with Crippen LogP contribution < -0.4 is 5.32 Å². The minimum atomic E-state index is -0.935. The predicted octanol–water partition coefficient (Wildman–Crippen LogP) is 2.82. The molecule has 1 amide bonds. The van der Waals surface area contributed by atoms with Crippen LogP contribution in [0.4, 0.5) is 0 Å². The van der Waals surface area contributed by atoms with Crippen LogP contribution in [0.1, 0.15) is 59.3 Å². The summed E-state index contributed by atoms with van der Waals surface area (Å²) in [5.74, 6) is -0.229. The predicted molar refractivity (Wildman–Crippen MR) is 74.8 cm³/mol. The average Bonchev–Trinajstić information content (AvgIpc) is 2.79. The fourth-order valence-electron chi connectivity index (χ4n) is 2.86. The standard InChI is InChI=1S/C15H27NO3/c1-10(2)8-13(15(18)19)16-14(17)11(3)9-12-6-4-5-7-12/h10-13H,4-9H2,1-3H3,(H,16,17)(H,18,19). The zero-order valence-electron chi connectivity index (χ0n) is 12.3. The molecule has 0 aromatic heterocycles. The molecule has 0 spiro atoms. The largest absolute Gasteiger partial charge is 0.480 e. The van der Waals surface area contributed by atoms with E-state index in [9.17, 15) is 9.59 Å². The smallest absolute Gasteiger partial charge is 0.326 e. The van der Waals surface area contributed by atoms with E-state index in [0.717, 1.165) is 6.42 Å². The quantitative estimate of drug-likeness (QED) is 0.747. The molecule has 110 valence electrons. The first kappa shape index (κ1) is 16.0. The Bertz CT molecular complexity index is 309. The van der Waals surface area contributed by atoms with Gasteiger partial charge in [0.25, 0.3) is 0 Å².